The fraction of sp³-hybridized carbons (Fsp3) is 0.538. The predicted octanol–water partition coefficient (Wildman–Crippen LogP) is 3.08. The van der Waals surface area contributed by atoms with Crippen LogP contribution in [0.2, 0.25) is 5.02 Å². The molecule has 0 unspecified atom stereocenters. The van der Waals surface area contributed by atoms with E-state index in [1.54, 1.807) is 6.07 Å². The zero-order chi connectivity index (χ0) is 13.8. The van der Waals surface area contributed by atoms with Crippen molar-refractivity contribution in [3.8, 4) is 0 Å². The Morgan fingerprint density at radius 2 is 1.95 bits per heavy atom. The summed E-state index contributed by atoms with van der Waals surface area (Å²) >= 11 is 5.74. The van der Waals surface area contributed by atoms with E-state index in [0.29, 0.717) is 13.1 Å². The highest BCUT2D eigenvalue weighted by molar-refractivity contribution is 6.30. The minimum atomic E-state index is -2.47. The Morgan fingerprint density at radius 1 is 1.26 bits per heavy atom. The average molecular weight is 293 g/mol. The smallest absolute Gasteiger partial charge is 0.240 e. The lowest BCUT2D eigenvalue weighted by molar-refractivity contribution is 0.0725. The van der Waals surface area contributed by atoms with Crippen LogP contribution in [0, 0.1) is 5.82 Å². The number of nitrogens with one attached hydrogen (secondary N) is 1. The van der Waals surface area contributed by atoms with Crippen LogP contribution in [0.4, 0.5) is 13.2 Å². The zero-order valence-corrected chi connectivity index (χ0v) is 11.1. The molecule has 1 aromatic rings. The highest BCUT2D eigenvalue weighted by Gasteiger charge is 2.28. The fourth-order valence-electron chi connectivity index (χ4n) is 2.41. The van der Waals surface area contributed by atoms with E-state index >= 15 is 0 Å². The van der Waals surface area contributed by atoms with E-state index in [1.807, 2.05) is 4.90 Å². The summed E-state index contributed by atoms with van der Waals surface area (Å²) in [6.07, 6.45) is -2.85. The Morgan fingerprint density at radius 3 is 2.58 bits per heavy atom. The van der Waals surface area contributed by atoms with Crippen LogP contribution >= 0.6 is 11.6 Å². The standard InChI is InChI=1S/C13H16ClF3N2/c14-10-3-1-2-9(13(10)17)11(8-12(15)16)19-6-4-18-5-7-19/h1-3,11-12,18H,4-8H2/t11-/m1/s1. The Balaban J connectivity index is 2.27. The zero-order valence-electron chi connectivity index (χ0n) is 10.4. The van der Waals surface area contributed by atoms with Gasteiger partial charge in [0.2, 0.25) is 6.43 Å². The third-order valence-corrected chi connectivity index (χ3v) is 3.63. The number of piperazine rings is 1. The van der Waals surface area contributed by atoms with Crippen molar-refractivity contribution in [2.75, 3.05) is 26.2 Å². The molecule has 1 aliphatic heterocycles. The molecule has 1 fully saturated rings. The summed E-state index contributed by atoms with van der Waals surface area (Å²) in [5, 5.41) is 3.13. The van der Waals surface area contributed by atoms with E-state index in [9.17, 15) is 13.2 Å². The molecule has 1 aliphatic rings. The lowest BCUT2D eigenvalue weighted by Crippen LogP contribution is -2.45. The molecule has 1 heterocycles. The summed E-state index contributed by atoms with van der Waals surface area (Å²) < 4.78 is 39.6. The molecule has 1 N–H and O–H groups in total. The Kier molecular flexibility index (Phi) is 5.07. The molecule has 0 aromatic heterocycles. The molecule has 1 atom stereocenters. The highest BCUT2D eigenvalue weighted by atomic mass is 35.5. The van der Waals surface area contributed by atoms with Gasteiger partial charge in [-0.05, 0) is 6.07 Å². The fourth-order valence-corrected chi connectivity index (χ4v) is 2.59. The molecule has 1 aromatic carbocycles. The number of benzene rings is 1. The first kappa shape index (κ1) is 14.6. The number of nitrogens with zero attached hydrogens (tertiary/aromatic N) is 1. The van der Waals surface area contributed by atoms with E-state index in [2.05, 4.69) is 5.32 Å². The van der Waals surface area contributed by atoms with Gasteiger partial charge in [-0.15, -0.1) is 0 Å². The summed E-state index contributed by atoms with van der Waals surface area (Å²) in [4.78, 5) is 1.89. The average Bonchev–Trinajstić information content (AvgIpc) is 2.40. The van der Waals surface area contributed by atoms with Crippen LogP contribution in [0.1, 0.15) is 18.0 Å². The van der Waals surface area contributed by atoms with Crippen LogP contribution in [0.5, 0.6) is 0 Å². The molecule has 0 spiro atoms. The lowest BCUT2D eigenvalue weighted by atomic mass is 10.0. The normalized spacial score (nSPS) is 18.8. The van der Waals surface area contributed by atoms with Gasteiger partial charge in [0.15, 0.2) is 0 Å². The number of hydrogen-bond acceptors (Lipinski definition) is 2. The van der Waals surface area contributed by atoms with E-state index in [1.165, 1.54) is 12.1 Å². The van der Waals surface area contributed by atoms with Gasteiger partial charge in [-0.2, -0.15) is 0 Å². The maximum atomic E-state index is 14.0. The molecule has 0 bridgehead atoms. The van der Waals surface area contributed by atoms with Gasteiger partial charge in [0.25, 0.3) is 0 Å². The van der Waals surface area contributed by atoms with Crippen LogP contribution in [0.25, 0.3) is 0 Å². The van der Waals surface area contributed by atoms with Crippen molar-refractivity contribution in [1.29, 1.82) is 0 Å². The van der Waals surface area contributed by atoms with Gasteiger partial charge in [0.05, 0.1) is 5.02 Å². The van der Waals surface area contributed by atoms with Crippen molar-refractivity contribution in [2.24, 2.45) is 0 Å². The quantitative estimate of drug-likeness (QED) is 0.917. The monoisotopic (exact) mass is 292 g/mol. The van der Waals surface area contributed by atoms with Gasteiger partial charge in [0.1, 0.15) is 5.82 Å². The minimum Gasteiger partial charge on any atom is -0.314 e. The third kappa shape index (κ3) is 3.61. The largest absolute Gasteiger partial charge is 0.314 e. The number of halogens is 4. The second kappa shape index (κ2) is 6.59. The van der Waals surface area contributed by atoms with Gasteiger partial charge >= 0.3 is 0 Å². The molecule has 106 valence electrons. The molecule has 2 rings (SSSR count). The van der Waals surface area contributed by atoms with Crippen molar-refractivity contribution < 1.29 is 13.2 Å². The summed E-state index contributed by atoms with van der Waals surface area (Å²) in [5.41, 5.74) is 0.259. The van der Waals surface area contributed by atoms with Gasteiger partial charge < -0.3 is 5.32 Å². The second-order valence-electron chi connectivity index (χ2n) is 4.57. The van der Waals surface area contributed by atoms with Gasteiger partial charge in [-0.3, -0.25) is 4.90 Å². The summed E-state index contributed by atoms with van der Waals surface area (Å²) in [5.74, 6) is -0.589. The first-order valence-electron chi connectivity index (χ1n) is 6.26. The van der Waals surface area contributed by atoms with E-state index in [0.717, 1.165) is 13.1 Å². The van der Waals surface area contributed by atoms with E-state index in [4.69, 9.17) is 11.6 Å². The summed E-state index contributed by atoms with van der Waals surface area (Å²) in [7, 11) is 0. The highest BCUT2D eigenvalue weighted by Crippen LogP contribution is 2.31. The molecule has 0 radical (unpaired) electrons. The van der Waals surface area contributed by atoms with Crippen molar-refractivity contribution in [3.05, 3.63) is 34.6 Å². The second-order valence-corrected chi connectivity index (χ2v) is 4.98. The summed E-state index contributed by atoms with van der Waals surface area (Å²) in [6, 6.07) is 3.94. The molecule has 0 amide bonds. The predicted molar refractivity (Wildman–Crippen MR) is 69.2 cm³/mol. The Hall–Kier alpha value is -0.780. The molecular formula is C13H16ClF3N2. The van der Waals surface area contributed by atoms with E-state index < -0.39 is 18.3 Å². The first-order valence-corrected chi connectivity index (χ1v) is 6.64. The molecule has 2 nitrogen and oxygen atoms in total. The van der Waals surface area contributed by atoms with Crippen LogP contribution in [-0.2, 0) is 0 Å². The van der Waals surface area contributed by atoms with Gasteiger partial charge in [0, 0.05) is 44.2 Å². The van der Waals surface area contributed by atoms with Crippen LogP contribution in [0.15, 0.2) is 18.2 Å². The number of rotatable bonds is 4. The van der Waals surface area contributed by atoms with Crippen molar-refractivity contribution in [1.82, 2.24) is 10.2 Å². The molecular weight excluding hydrogens is 277 g/mol. The van der Waals surface area contributed by atoms with Crippen LogP contribution < -0.4 is 5.32 Å². The molecule has 6 heteroatoms. The number of alkyl halides is 2. The third-order valence-electron chi connectivity index (χ3n) is 3.33. The summed E-state index contributed by atoms with van der Waals surface area (Å²) in [6.45, 7) is 2.70. The minimum absolute atomic E-state index is 0.0214. The SMILES string of the molecule is Fc1c(Cl)cccc1[C@@H](CC(F)F)N1CCNCC1. The molecule has 0 saturated carbocycles. The van der Waals surface area contributed by atoms with Crippen molar-refractivity contribution in [2.45, 2.75) is 18.9 Å². The first-order chi connectivity index (χ1) is 9.09. The topological polar surface area (TPSA) is 15.3 Å². The maximum Gasteiger partial charge on any atom is 0.240 e. The number of hydrogen-bond donors (Lipinski definition) is 1. The molecule has 19 heavy (non-hydrogen) atoms. The maximum absolute atomic E-state index is 14.0. The Bertz CT molecular complexity index is 422. The van der Waals surface area contributed by atoms with Crippen LogP contribution in [-0.4, -0.2) is 37.5 Å². The molecule has 0 aliphatic carbocycles. The lowest BCUT2D eigenvalue weighted by Gasteiger charge is -2.35. The Labute approximate surface area is 115 Å². The molecule has 1 saturated heterocycles. The van der Waals surface area contributed by atoms with Gasteiger partial charge in [-0.25, -0.2) is 13.2 Å². The van der Waals surface area contributed by atoms with Crippen LogP contribution in [0.3, 0.4) is 0 Å². The van der Waals surface area contributed by atoms with E-state index in [-0.39, 0.29) is 17.0 Å². The van der Waals surface area contributed by atoms with Crippen molar-refractivity contribution >= 4 is 11.6 Å². The van der Waals surface area contributed by atoms with Gasteiger partial charge in [-0.1, -0.05) is 23.7 Å². The van der Waals surface area contributed by atoms with Crippen molar-refractivity contribution in [3.63, 3.8) is 0 Å².